The zero-order chi connectivity index (χ0) is 17.9. The summed E-state index contributed by atoms with van der Waals surface area (Å²) in [5, 5.41) is 0.799. The van der Waals surface area contributed by atoms with Crippen LogP contribution in [0.2, 0.25) is 5.02 Å². The first kappa shape index (κ1) is 17.4. The molecule has 1 nitrogen and oxygen atoms in total. The van der Waals surface area contributed by atoms with E-state index < -0.39 is 0 Å². The molecule has 3 heteroatoms. The number of carbonyl (C=O) groups excluding carboxylic acids is 1. The lowest BCUT2D eigenvalue weighted by Gasteiger charge is -2.30. The van der Waals surface area contributed by atoms with E-state index in [2.05, 4.69) is 30.3 Å². The van der Waals surface area contributed by atoms with E-state index in [1.165, 1.54) is 10.5 Å². The van der Waals surface area contributed by atoms with Crippen LogP contribution in [0.3, 0.4) is 0 Å². The van der Waals surface area contributed by atoms with Crippen LogP contribution in [0, 0.1) is 5.92 Å². The van der Waals surface area contributed by atoms with E-state index in [1.807, 2.05) is 48.5 Å². The fourth-order valence-corrected chi connectivity index (χ4v) is 5.04. The monoisotopic (exact) mass is 378 g/mol. The van der Waals surface area contributed by atoms with Crippen LogP contribution < -0.4 is 0 Å². The van der Waals surface area contributed by atoms with Gasteiger partial charge in [-0.25, -0.2) is 0 Å². The molecule has 2 atom stereocenters. The van der Waals surface area contributed by atoms with Gasteiger partial charge in [-0.1, -0.05) is 66.2 Å². The van der Waals surface area contributed by atoms with Crippen molar-refractivity contribution in [2.45, 2.75) is 23.0 Å². The van der Waals surface area contributed by atoms with Gasteiger partial charge in [0.05, 0.1) is 0 Å². The molecule has 0 aliphatic heterocycles. The molecule has 0 spiro atoms. The molecule has 0 amide bonds. The second-order valence-corrected chi connectivity index (χ2v) is 8.22. The fraction of sp³-hybridized carbons (Fsp3) is 0.174. The predicted octanol–water partition coefficient (Wildman–Crippen LogP) is 6.62. The molecule has 0 fully saturated rings. The SMILES string of the molecule is O=C1c2ccccc2CC[C@H]1[C@@H](Sc1ccccc1)c1ccc(Cl)cc1. The number of halogens is 1. The van der Waals surface area contributed by atoms with Gasteiger partial charge in [0.15, 0.2) is 5.78 Å². The number of aryl methyl sites for hydroxylation is 1. The summed E-state index contributed by atoms with van der Waals surface area (Å²) in [6.45, 7) is 0. The summed E-state index contributed by atoms with van der Waals surface area (Å²) < 4.78 is 0. The van der Waals surface area contributed by atoms with Crippen molar-refractivity contribution in [3.63, 3.8) is 0 Å². The van der Waals surface area contributed by atoms with Crippen LogP contribution in [-0.2, 0) is 6.42 Å². The third-order valence-electron chi connectivity index (χ3n) is 4.91. The maximum absolute atomic E-state index is 13.2. The van der Waals surface area contributed by atoms with E-state index in [9.17, 15) is 4.79 Å². The summed E-state index contributed by atoms with van der Waals surface area (Å²) in [7, 11) is 0. The summed E-state index contributed by atoms with van der Waals surface area (Å²) in [6, 6.07) is 26.3. The number of hydrogen-bond acceptors (Lipinski definition) is 2. The highest BCUT2D eigenvalue weighted by atomic mass is 35.5. The van der Waals surface area contributed by atoms with Gasteiger partial charge in [0.25, 0.3) is 0 Å². The fourth-order valence-electron chi connectivity index (χ4n) is 3.59. The van der Waals surface area contributed by atoms with Crippen molar-refractivity contribution < 1.29 is 4.79 Å². The van der Waals surface area contributed by atoms with Crippen molar-refractivity contribution >= 4 is 29.1 Å². The molecule has 0 saturated carbocycles. The molecular weight excluding hydrogens is 360 g/mol. The van der Waals surface area contributed by atoms with E-state index in [-0.39, 0.29) is 17.0 Å². The molecule has 3 aromatic carbocycles. The number of rotatable bonds is 4. The van der Waals surface area contributed by atoms with Crippen LogP contribution in [0.5, 0.6) is 0 Å². The molecule has 0 unspecified atom stereocenters. The van der Waals surface area contributed by atoms with E-state index in [0.717, 1.165) is 29.0 Å². The van der Waals surface area contributed by atoms with Gasteiger partial charge in [0, 0.05) is 26.6 Å². The lowest BCUT2D eigenvalue weighted by molar-refractivity contribution is 0.0899. The topological polar surface area (TPSA) is 17.1 Å². The number of carbonyl (C=O) groups is 1. The van der Waals surface area contributed by atoms with Crippen molar-refractivity contribution in [2.24, 2.45) is 5.92 Å². The highest BCUT2D eigenvalue weighted by Crippen LogP contribution is 2.45. The van der Waals surface area contributed by atoms with E-state index in [0.29, 0.717) is 0 Å². The number of Topliss-reactive ketones (excluding diaryl/α,β-unsaturated/α-hetero) is 1. The van der Waals surface area contributed by atoms with E-state index in [1.54, 1.807) is 11.8 Å². The van der Waals surface area contributed by atoms with Gasteiger partial charge in [-0.2, -0.15) is 0 Å². The van der Waals surface area contributed by atoms with Gasteiger partial charge < -0.3 is 0 Å². The average Bonchev–Trinajstić information content (AvgIpc) is 2.69. The molecule has 0 bridgehead atoms. The van der Waals surface area contributed by atoms with Gasteiger partial charge in [-0.05, 0) is 48.2 Å². The third kappa shape index (κ3) is 3.58. The van der Waals surface area contributed by atoms with Gasteiger partial charge in [0.1, 0.15) is 0 Å². The lowest BCUT2D eigenvalue weighted by Crippen LogP contribution is -2.27. The highest BCUT2D eigenvalue weighted by Gasteiger charge is 2.34. The van der Waals surface area contributed by atoms with Crippen molar-refractivity contribution in [2.75, 3.05) is 0 Å². The van der Waals surface area contributed by atoms with Crippen LogP contribution in [0.15, 0.2) is 83.8 Å². The number of fused-ring (bicyclic) bond motifs is 1. The van der Waals surface area contributed by atoms with E-state index >= 15 is 0 Å². The lowest BCUT2D eigenvalue weighted by atomic mass is 9.79. The largest absolute Gasteiger partial charge is 0.294 e. The van der Waals surface area contributed by atoms with Crippen LogP contribution in [0.25, 0.3) is 0 Å². The van der Waals surface area contributed by atoms with Gasteiger partial charge >= 0.3 is 0 Å². The second kappa shape index (κ2) is 7.69. The zero-order valence-corrected chi connectivity index (χ0v) is 15.8. The van der Waals surface area contributed by atoms with Crippen LogP contribution >= 0.6 is 23.4 Å². The Bertz CT molecular complexity index is 905. The summed E-state index contributed by atoms with van der Waals surface area (Å²) >= 11 is 7.85. The Labute approximate surface area is 163 Å². The summed E-state index contributed by atoms with van der Waals surface area (Å²) in [6.07, 6.45) is 1.83. The summed E-state index contributed by atoms with van der Waals surface area (Å²) in [5.74, 6) is 0.228. The maximum Gasteiger partial charge on any atom is 0.167 e. The van der Waals surface area contributed by atoms with Crippen LogP contribution in [-0.4, -0.2) is 5.78 Å². The summed E-state index contributed by atoms with van der Waals surface area (Å²) in [5.41, 5.74) is 3.21. The van der Waals surface area contributed by atoms with Crippen LogP contribution in [0.1, 0.15) is 33.2 Å². The normalized spacial score (nSPS) is 17.6. The third-order valence-corrected chi connectivity index (χ3v) is 6.57. The number of hydrogen-bond donors (Lipinski definition) is 0. The molecule has 130 valence electrons. The second-order valence-electron chi connectivity index (χ2n) is 6.57. The van der Waals surface area contributed by atoms with Crippen molar-refractivity contribution in [1.29, 1.82) is 0 Å². The predicted molar refractivity (Wildman–Crippen MR) is 109 cm³/mol. The Morgan fingerprint density at radius 2 is 1.58 bits per heavy atom. The Morgan fingerprint density at radius 3 is 2.35 bits per heavy atom. The molecular formula is C23H19ClOS. The maximum atomic E-state index is 13.2. The minimum atomic E-state index is -0.0312. The summed E-state index contributed by atoms with van der Waals surface area (Å²) in [4.78, 5) is 14.4. The molecule has 1 aliphatic rings. The minimum absolute atomic E-state index is 0.0312. The smallest absolute Gasteiger partial charge is 0.167 e. The first-order valence-electron chi connectivity index (χ1n) is 8.81. The van der Waals surface area contributed by atoms with Gasteiger partial charge in [-0.3, -0.25) is 4.79 Å². The van der Waals surface area contributed by atoms with E-state index in [4.69, 9.17) is 11.6 Å². The molecule has 3 aromatic rings. The van der Waals surface area contributed by atoms with Crippen molar-refractivity contribution in [3.05, 3.63) is 101 Å². The zero-order valence-electron chi connectivity index (χ0n) is 14.3. The minimum Gasteiger partial charge on any atom is -0.294 e. The first-order valence-corrected chi connectivity index (χ1v) is 10.1. The quantitative estimate of drug-likeness (QED) is 0.474. The Kier molecular flexibility index (Phi) is 5.14. The Balaban J connectivity index is 1.71. The standard InChI is InChI=1S/C23H19ClOS/c24-18-13-10-17(11-14-18)23(26-19-7-2-1-3-8-19)21-15-12-16-6-4-5-9-20(16)22(21)25/h1-11,13-14,21,23H,12,15H2/t21-,23+/m1/s1. The molecule has 26 heavy (non-hydrogen) atoms. The molecule has 0 radical (unpaired) electrons. The average molecular weight is 379 g/mol. The first-order chi connectivity index (χ1) is 12.7. The van der Waals surface area contributed by atoms with Crippen molar-refractivity contribution in [3.8, 4) is 0 Å². The Morgan fingerprint density at radius 1 is 0.885 bits per heavy atom. The van der Waals surface area contributed by atoms with Gasteiger partial charge in [0.2, 0.25) is 0 Å². The molecule has 0 aromatic heterocycles. The van der Waals surface area contributed by atoms with Crippen LogP contribution in [0.4, 0.5) is 0 Å². The molecule has 1 aliphatic carbocycles. The molecule has 0 heterocycles. The highest BCUT2D eigenvalue weighted by molar-refractivity contribution is 7.99. The number of thioether (sulfide) groups is 1. The molecule has 4 rings (SSSR count). The molecule has 0 saturated heterocycles. The number of benzene rings is 3. The van der Waals surface area contributed by atoms with Gasteiger partial charge in [-0.15, -0.1) is 11.8 Å². The molecule has 0 N–H and O–H groups in total. The number of ketones is 1. The Hall–Kier alpha value is -2.03. The van der Waals surface area contributed by atoms with Crippen molar-refractivity contribution in [1.82, 2.24) is 0 Å².